The highest BCUT2D eigenvalue weighted by Crippen LogP contribution is 2.26. The summed E-state index contributed by atoms with van der Waals surface area (Å²) in [7, 11) is 0. The number of nitrogens with zero attached hydrogens (tertiary/aromatic N) is 2. The second kappa shape index (κ2) is 5.38. The van der Waals surface area contributed by atoms with Crippen molar-refractivity contribution in [2.75, 3.05) is 0 Å². The number of aromatic nitrogens is 2. The monoisotopic (exact) mass is 272 g/mol. The van der Waals surface area contributed by atoms with Crippen LogP contribution >= 0.6 is 23.2 Å². The van der Waals surface area contributed by atoms with Crippen molar-refractivity contribution in [1.82, 2.24) is 10.2 Å². The van der Waals surface area contributed by atoms with E-state index in [4.69, 9.17) is 32.4 Å². The van der Waals surface area contributed by atoms with Crippen molar-refractivity contribution in [3.05, 3.63) is 40.0 Å². The van der Waals surface area contributed by atoms with Crippen LogP contribution in [0, 0.1) is 0 Å². The minimum absolute atomic E-state index is 0.213. The fourth-order valence-corrected chi connectivity index (χ4v) is 1.49. The third-order valence-corrected chi connectivity index (χ3v) is 2.80. The summed E-state index contributed by atoms with van der Waals surface area (Å²) in [5.41, 5.74) is 0. The summed E-state index contributed by atoms with van der Waals surface area (Å²) >= 11 is 11.7. The highest BCUT2D eigenvalue weighted by molar-refractivity contribution is 6.42. The zero-order valence-corrected chi connectivity index (χ0v) is 10.6. The van der Waals surface area contributed by atoms with Crippen LogP contribution in [0.4, 0.5) is 0 Å². The lowest BCUT2D eigenvalue weighted by atomic mass is 10.3. The van der Waals surface area contributed by atoms with Crippen LogP contribution in [0.15, 0.2) is 22.6 Å². The molecule has 1 aromatic heterocycles. The quantitative estimate of drug-likeness (QED) is 0.855. The first kappa shape index (κ1) is 12.2. The summed E-state index contributed by atoms with van der Waals surface area (Å²) in [4.78, 5) is 0. The molecule has 0 unspecified atom stereocenters. The van der Waals surface area contributed by atoms with E-state index in [1.54, 1.807) is 18.2 Å². The van der Waals surface area contributed by atoms with Crippen molar-refractivity contribution in [1.29, 1.82) is 0 Å². The molecule has 0 fully saturated rings. The lowest BCUT2D eigenvalue weighted by Crippen LogP contribution is -1.95. The molecule has 6 heteroatoms. The van der Waals surface area contributed by atoms with E-state index in [-0.39, 0.29) is 6.61 Å². The second-order valence-electron chi connectivity index (χ2n) is 3.31. The zero-order chi connectivity index (χ0) is 12.3. The SMILES string of the molecule is CCc1nnc(COc2ccc(Cl)c(Cl)c2)o1. The summed E-state index contributed by atoms with van der Waals surface area (Å²) in [6.45, 7) is 2.15. The van der Waals surface area contributed by atoms with Gasteiger partial charge in [0.2, 0.25) is 5.89 Å². The van der Waals surface area contributed by atoms with Gasteiger partial charge in [-0.15, -0.1) is 10.2 Å². The maximum absolute atomic E-state index is 5.86. The standard InChI is InChI=1S/C11H10Cl2N2O2/c1-2-10-14-15-11(17-10)6-16-7-3-4-8(12)9(13)5-7/h3-5H,2,6H2,1H3. The molecule has 2 aromatic rings. The smallest absolute Gasteiger partial charge is 0.253 e. The third kappa shape index (κ3) is 3.11. The maximum Gasteiger partial charge on any atom is 0.253 e. The second-order valence-corrected chi connectivity index (χ2v) is 4.12. The molecule has 4 nitrogen and oxygen atoms in total. The van der Waals surface area contributed by atoms with Crippen LogP contribution in [-0.2, 0) is 13.0 Å². The lowest BCUT2D eigenvalue weighted by molar-refractivity contribution is 0.259. The van der Waals surface area contributed by atoms with Crippen molar-refractivity contribution in [3.8, 4) is 5.75 Å². The van der Waals surface area contributed by atoms with Crippen LogP contribution in [0.1, 0.15) is 18.7 Å². The van der Waals surface area contributed by atoms with Crippen molar-refractivity contribution in [3.63, 3.8) is 0 Å². The predicted molar refractivity (Wildman–Crippen MR) is 64.5 cm³/mol. The van der Waals surface area contributed by atoms with Gasteiger partial charge in [0.1, 0.15) is 5.75 Å². The van der Waals surface area contributed by atoms with Crippen LogP contribution < -0.4 is 4.74 Å². The van der Waals surface area contributed by atoms with E-state index in [0.717, 1.165) is 0 Å². The van der Waals surface area contributed by atoms with Gasteiger partial charge in [-0.05, 0) is 12.1 Å². The van der Waals surface area contributed by atoms with E-state index >= 15 is 0 Å². The summed E-state index contributed by atoms with van der Waals surface area (Å²) in [5, 5.41) is 8.62. The molecular formula is C11H10Cl2N2O2. The summed E-state index contributed by atoms with van der Waals surface area (Å²) in [6.07, 6.45) is 0.708. The number of benzene rings is 1. The van der Waals surface area contributed by atoms with Crippen LogP contribution in [0.5, 0.6) is 5.75 Å². The highest BCUT2D eigenvalue weighted by atomic mass is 35.5. The first-order valence-electron chi connectivity index (χ1n) is 5.08. The molecule has 1 heterocycles. The minimum Gasteiger partial charge on any atom is -0.484 e. The molecule has 2 rings (SSSR count). The number of hydrogen-bond acceptors (Lipinski definition) is 4. The molecule has 0 aliphatic carbocycles. The molecular weight excluding hydrogens is 263 g/mol. The Labute approximate surface area is 109 Å². The lowest BCUT2D eigenvalue weighted by Gasteiger charge is -2.04. The van der Waals surface area contributed by atoms with E-state index < -0.39 is 0 Å². The number of hydrogen-bond donors (Lipinski definition) is 0. The van der Waals surface area contributed by atoms with Gasteiger partial charge in [0.15, 0.2) is 6.61 Å². The number of halogens is 2. The largest absolute Gasteiger partial charge is 0.484 e. The van der Waals surface area contributed by atoms with Crippen LogP contribution in [0.2, 0.25) is 10.0 Å². The van der Waals surface area contributed by atoms with Crippen molar-refractivity contribution < 1.29 is 9.15 Å². The van der Waals surface area contributed by atoms with Gasteiger partial charge >= 0.3 is 0 Å². The van der Waals surface area contributed by atoms with Crippen molar-refractivity contribution in [2.24, 2.45) is 0 Å². The molecule has 0 saturated carbocycles. The summed E-state index contributed by atoms with van der Waals surface area (Å²) in [6, 6.07) is 5.04. The molecule has 0 amide bonds. The first-order valence-corrected chi connectivity index (χ1v) is 5.83. The van der Waals surface area contributed by atoms with Crippen LogP contribution in [-0.4, -0.2) is 10.2 Å². The number of aryl methyl sites for hydroxylation is 1. The fraction of sp³-hybridized carbons (Fsp3) is 0.273. The average Bonchev–Trinajstić information content (AvgIpc) is 2.79. The van der Waals surface area contributed by atoms with Gasteiger partial charge in [-0.25, -0.2) is 0 Å². The fourth-order valence-electron chi connectivity index (χ4n) is 1.20. The van der Waals surface area contributed by atoms with Crippen molar-refractivity contribution >= 4 is 23.2 Å². The Morgan fingerprint density at radius 2 is 1.94 bits per heavy atom. The van der Waals surface area contributed by atoms with E-state index in [2.05, 4.69) is 10.2 Å². The Morgan fingerprint density at radius 3 is 2.59 bits per heavy atom. The van der Waals surface area contributed by atoms with E-state index in [9.17, 15) is 0 Å². The topological polar surface area (TPSA) is 48.2 Å². The third-order valence-electron chi connectivity index (χ3n) is 2.06. The Morgan fingerprint density at radius 1 is 1.18 bits per heavy atom. The molecule has 17 heavy (non-hydrogen) atoms. The summed E-state index contributed by atoms with van der Waals surface area (Å²) in [5.74, 6) is 1.64. The zero-order valence-electron chi connectivity index (χ0n) is 9.11. The molecule has 0 saturated heterocycles. The van der Waals surface area contributed by atoms with Gasteiger partial charge in [-0.1, -0.05) is 30.1 Å². The number of ether oxygens (including phenoxy) is 1. The summed E-state index contributed by atoms with van der Waals surface area (Å²) < 4.78 is 10.7. The molecule has 0 N–H and O–H groups in total. The number of rotatable bonds is 4. The van der Waals surface area contributed by atoms with Gasteiger partial charge in [-0.2, -0.15) is 0 Å². The van der Waals surface area contributed by atoms with Gasteiger partial charge in [0.05, 0.1) is 10.0 Å². The Balaban J connectivity index is 1.99. The van der Waals surface area contributed by atoms with Gasteiger partial charge < -0.3 is 9.15 Å². The molecule has 0 atom stereocenters. The van der Waals surface area contributed by atoms with Crippen LogP contribution in [0.25, 0.3) is 0 Å². The Hall–Kier alpha value is -1.26. The predicted octanol–water partition coefficient (Wildman–Crippen LogP) is 3.52. The van der Waals surface area contributed by atoms with E-state index in [1.165, 1.54) is 0 Å². The minimum atomic E-state index is 0.213. The van der Waals surface area contributed by atoms with E-state index in [1.807, 2.05) is 6.92 Å². The van der Waals surface area contributed by atoms with Gasteiger partial charge in [-0.3, -0.25) is 0 Å². The molecule has 0 spiro atoms. The molecule has 90 valence electrons. The molecule has 0 aliphatic heterocycles. The molecule has 1 aromatic carbocycles. The first-order chi connectivity index (χ1) is 8.19. The normalized spacial score (nSPS) is 10.5. The van der Waals surface area contributed by atoms with Crippen LogP contribution in [0.3, 0.4) is 0 Å². The molecule has 0 aliphatic rings. The maximum atomic E-state index is 5.86. The highest BCUT2D eigenvalue weighted by Gasteiger charge is 2.06. The van der Waals surface area contributed by atoms with Gasteiger partial charge in [0.25, 0.3) is 5.89 Å². The van der Waals surface area contributed by atoms with Gasteiger partial charge in [0, 0.05) is 12.5 Å². The average molecular weight is 273 g/mol. The van der Waals surface area contributed by atoms with Crippen molar-refractivity contribution in [2.45, 2.75) is 20.0 Å². The Kier molecular flexibility index (Phi) is 3.86. The van der Waals surface area contributed by atoms with E-state index in [0.29, 0.717) is 34.0 Å². The molecule has 0 radical (unpaired) electrons. The molecule has 0 bridgehead atoms. The Bertz CT molecular complexity index is 514.